The van der Waals surface area contributed by atoms with E-state index in [4.69, 9.17) is 4.74 Å². The molecule has 0 amide bonds. The number of nitrogens with zero attached hydrogens (tertiary/aromatic N) is 3. The molecule has 5 atom stereocenters. The Kier molecular flexibility index (Phi) is 4.73. The molecule has 0 spiro atoms. The highest BCUT2D eigenvalue weighted by Crippen LogP contribution is 2.39. The summed E-state index contributed by atoms with van der Waals surface area (Å²) in [5, 5.41) is 24.2. The number of methoxy groups -OCH3 is 1. The van der Waals surface area contributed by atoms with Gasteiger partial charge >= 0.3 is 0 Å². The number of nitrogens with one attached hydrogen (secondary N) is 1. The Morgan fingerprint density at radius 2 is 2.07 bits per heavy atom. The van der Waals surface area contributed by atoms with E-state index in [1.807, 2.05) is 12.3 Å². The van der Waals surface area contributed by atoms with Crippen molar-refractivity contribution in [2.24, 2.45) is 5.92 Å². The summed E-state index contributed by atoms with van der Waals surface area (Å²) in [4.78, 5) is 9.03. The van der Waals surface area contributed by atoms with Crippen LogP contribution < -0.4 is 5.32 Å². The number of benzene rings is 1. The lowest BCUT2D eigenvalue weighted by atomic mass is 10.1. The van der Waals surface area contributed by atoms with E-state index >= 15 is 0 Å². The van der Waals surface area contributed by atoms with Crippen molar-refractivity contribution >= 4 is 16.9 Å². The van der Waals surface area contributed by atoms with Crippen LogP contribution in [0.1, 0.15) is 36.1 Å². The highest BCUT2D eigenvalue weighted by Gasteiger charge is 2.35. The molecule has 2 heterocycles. The summed E-state index contributed by atoms with van der Waals surface area (Å²) in [7, 11) is 1.75. The van der Waals surface area contributed by atoms with E-state index in [1.165, 1.54) is 11.1 Å². The first-order chi connectivity index (χ1) is 14.2. The topological polar surface area (TPSA) is 92.4 Å². The second kappa shape index (κ2) is 7.40. The van der Waals surface area contributed by atoms with E-state index in [0.717, 1.165) is 29.7 Å². The van der Waals surface area contributed by atoms with Gasteiger partial charge in [0.25, 0.3) is 0 Å². The monoisotopic (exact) mass is 394 g/mol. The van der Waals surface area contributed by atoms with E-state index < -0.39 is 6.10 Å². The number of hydrogen-bond acceptors (Lipinski definition) is 6. The summed E-state index contributed by atoms with van der Waals surface area (Å²) in [6, 6.07) is 10.6. The van der Waals surface area contributed by atoms with Gasteiger partial charge < -0.3 is 24.8 Å². The molecule has 3 N–H and O–H groups in total. The summed E-state index contributed by atoms with van der Waals surface area (Å²) < 4.78 is 7.86. The van der Waals surface area contributed by atoms with Crippen molar-refractivity contribution in [3.8, 4) is 0 Å². The first-order valence-electron chi connectivity index (χ1n) is 10.2. The molecule has 1 saturated carbocycles. The van der Waals surface area contributed by atoms with Crippen LogP contribution >= 0.6 is 0 Å². The minimum Gasteiger partial charge on any atom is -0.396 e. The van der Waals surface area contributed by atoms with Gasteiger partial charge in [-0.15, -0.1) is 0 Å². The molecule has 5 rings (SSSR count). The minimum absolute atomic E-state index is 0.0121. The summed E-state index contributed by atoms with van der Waals surface area (Å²) in [6.45, 7) is 0.0121. The van der Waals surface area contributed by atoms with Crippen molar-refractivity contribution in [1.82, 2.24) is 14.5 Å². The molecule has 2 aliphatic carbocycles. The van der Waals surface area contributed by atoms with Crippen LogP contribution in [0.2, 0.25) is 0 Å². The molecule has 1 aromatic carbocycles. The van der Waals surface area contributed by atoms with Crippen LogP contribution in [0.3, 0.4) is 0 Å². The summed E-state index contributed by atoms with van der Waals surface area (Å²) in [6.07, 6.45) is 5.42. The largest absolute Gasteiger partial charge is 0.396 e. The smallest absolute Gasteiger partial charge is 0.145 e. The molecule has 2 aromatic heterocycles. The lowest BCUT2D eigenvalue weighted by Gasteiger charge is -2.22. The van der Waals surface area contributed by atoms with Crippen molar-refractivity contribution in [3.63, 3.8) is 0 Å². The number of aromatic nitrogens is 3. The Bertz CT molecular complexity index is 1020. The van der Waals surface area contributed by atoms with Crippen LogP contribution in [-0.2, 0) is 11.2 Å². The predicted molar refractivity (Wildman–Crippen MR) is 110 cm³/mol. The maximum atomic E-state index is 10.2. The zero-order chi connectivity index (χ0) is 20.0. The normalized spacial score (nSPS) is 28.7. The van der Waals surface area contributed by atoms with Gasteiger partial charge in [-0.05, 0) is 30.0 Å². The fourth-order valence-corrected chi connectivity index (χ4v) is 4.97. The van der Waals surface area contributed by atoms with Crippen molar-refractivity contribution in [2.45, 2.75) is 43.6 Å². The number of hydrogen-bond donors (Lipinski definition) is 3. The van der Waals surface area contributed by atoms with Gasteiger partial charge in [-0.1, -0.05) is 24.3 Å². The van der Waals surface area contributed by atoms with Gasteiger partial charge in [-0.25, -0.2) is 9.97 Å². The second-order valence-corrected chi connectivity index (χ2v) is 8.12. The van der Waals surface area contributed by atoms with Crippen molar-refractivity contribution in [1.29, 1.82) is 0 Å². The molecule has 2 aliphatic rings. The van der Waals surface area contributed by atoms with Crippen LogP contribution in [0.4, 0.5) is 5.82 Å². The average molecular weight is 394 g/mol. The van der Waals surface area contributed by atoms with Gasteiger partial charge in [0.2, 0.25) is 0 Å². The van der Waals surface area contributed by atoms with E-state index in [1.54, 1.807) is 13.4 Å². The zero-order valence-corrected chi connectivity index (χ0v) is 16.4. The summed E-state index contributed by atoms with van der Waals surface area (Å²) >= 11 is 0. The standard InChI is InChI=1S/C22H26N4O3/c1-29-19-9-13-4-2-3-5-16(13)20(19)25-21-17-6-7-26(22(17)24-12-23-21)15-8-14(11-27)18(28)10-15/h2-7,12,14-15,18-20,27-28H,8-11H2,1H3,(H,23,24,25)/t14-,15+,18-,19-,20+/m0/s1. The number of aliphatic hydroxyl groups excluding tert-OH is 2. The highest BCUT2D eigenvalue weighted by atomic mass is 16.5. The van der Waals surface area contributed by atoms with Gasteiger partial charge in [-0.2, -0.15) is 0 Å². The second-order valence-electron chi connectivity index (χ2n) is 8.12. The number of anilines is 1. The molecule has 7 heteroatoms. The number of fused-ring (bicyclic) bond motifs is 2. The molecule has 1 fully saturated rings. The van der Waals surface area contributed by atoms with E-state index in [0.29, 0.717) is 6.42 Å². The van der Waals surface area contributed by atoms with Gasteiger partial charge in [0.15, 0.2) is 0 Å². The average Bonchev–Trinajstić information content (AvgIpc) is 3.43. The molecular formula is C22H26N4O3. The van der Waals surface area contributed by atoms with Crippen LogP contribution in [0.25, 0.3) is 11.0 Å². The Labute approximate surface area is 169 Å². The number of rotatable bonds is 5. The molecule has 0 saturated heterocycles. The Hall–Kier alpha value is -2.48. The predicted octanol–water partition coefficient (Wildman–Crippen LogP) is 2.46. The van der Waals surface area contributed by atoms with Crippen LogP contribution in [-0.4, -0.2) is 50.7 Å². The SMILES string of the molecule is CO[C@H]1Cc2ccccc2[C@H]1Nc1ncnc2c1ccn2[C@@H]1C[C@@H](CO)[C@@H](O)C1. The summed E-state index contributed by atoms with van der Waals surface area (Å²) in [5.74, 6) is 0.712. The van der Waals surface area contributed by atoms with Gasteiger partial charge in [0.05, 0.1) is 23.6 Å². The molecule has 29 heavy (non-hydrogen) atoms. The molecule has 3 aromatic rings. The molecular weight excluding hydrogens is 368 g/mol. The molecule has 0 radical (unpaired) electrons. The van der Waals surface area contributed by atoms with Crippen LogP contribution in [0, 0.1) is 5.92 Å². The molecule has 0 unspecified atom stereocenters. The number of aliphatic hydroxyl groups is 2. The van der Waals surface area contributed by atoms with Gasteiger partial charge in [0.1, 0.15) is 17.8 Å². The maximum absolute atomic E-state index is 10.2. The first kappa shape index (κ1) is 18.5. The van der Waals surface area contributed by atoms with Gasteiger partial charge in [0, 0.05) is 38.3 Å². The highest BCUT2D eigenvalue weighted by molar-refractivity contribution is 5.87. The molecule has 7 nitrogen and oxygen atoms in total. The van der Waals surface area contributed by atoms with Crippen molar-refractivity contribution < 1.29 is 14.9 Å². The third-order valence-electron chi connectivity index (χ3n) is 6.55. The maximum Gasteiger partial charge on any atom is 0.145 e. The fourth-order valence-electron chi connectivity index (χ4n) is 4.97. The van der Waals surface area contributed by atoms with E-state index in [9.17, 15) is 10.2 Å². The Morgan fingerprint density at radius 1 is 1.21 bits per heavy atom. The number of ether oxygens (including phenoxy) is 1. The van der Waals surface area contributed by atoms with Crippen molar-refractivity contribution in [3.05, 3.63) is 54.0 Å². The quantitative estimate of drug-likeness (QED) is 0.616. The van der Waals surface area contributed by atoms with Crippen LogP contribution in [0.5, 0.6) is 0 Å². The van der Waals surface area contributed by atoms with E-state index in [2.05, 4.69) is 44.1 Å². The minimum atomic E-state index is -0.473. The molecule has 0 bridgehead atoms. The lowest BCUT2D eigenvalue weighted by molar-refractivity contribution is 0.0906. The van der Waals surface area contributed by atoms with E-state index in [-0.39, 0.29) is 30.7 Å². The lowest BCUT2D eigenvalue weighted by Crippen LogP contribution is -2.24. The third kappa shape index (κ3) is 3.10. The first-order valence-corrected chi connectivity index (χ1v) is 10.2. The zero-order valence-electron chi connectivity index (χ0n) is 16.4. The van der Waals surface area contributed by atoms with Crippen molar-refractivity contribution in [2.75, 3.05) is 19.0 Å². The molecule has 0 aliphatic heterocycles. The van der Waals surface area contributed by atoms with Gasteiger partial charge in [-0.3, -0.25) is 0 Å². The summed E-state index contributed by atoms with van der Waals surface area (Å²) in [5.41, 5.74) is 3.39. The fraction of sp³-hybridized carbons (Fsp3) is 0.455. The third-order valence-corrected chi connectivity index (χ3v) is 6.55. The Morgan fingerprint density at radius 3 is 2.86 bits per heavy atom. The Balaban J connectivity index is 1.47. The molecule has 152 valence electrons. The van der Waals surface area contributed by atoms with Crippen LogP contribution in [0.15, 0.2) is 42.9 Å².